The van der Waals surface area contributed by atoms with Crippen LogP contribution < -0.4 is 4.74 Å². The summed E-state index contributed by atoms with van der Waals surface area (Å²) in [6.45, 7) is 0.858. The second-order valence-corrected chi connectivity index (χ2v) is 5.66. The monoisotopic (exact) mass is 318 g/mol. The number of nitrogens with zero attached hydrogens (tertiary/aromatic N) is 4. The Labute approximate surface area is 133 Å². The average molecular weight is 318 g/mol. The zero-order valence-electron chi connectivity index (χ0n) is 12.7. The molecule has 1 atom stereocenters. The molecule has 8 heteroatoms. The van der Waals surface area contributed by atoms with E-state index in [4.69, 9.17) is 4.74 Å². The minimum Gasteiger partial charge on any atom is -0.471 e. The maximum atomic E-state index is 12.3. The maximum absolute atomic E-state index is 12.3. The van der Waals surface area contributed by atoms with Crippen LogP contribution in [0.1, 0.15) is 25.7 Å². The Morgan fingerprint density at radius 3 is 2.78 bits per heavy atom. The van der Waals surface area contributed by atoms with Gasteiger partial charge in [0.05, 0.1) is 6.54 Å². The lowest BCUT2D eigenvalue weighted by Crippen LogP contribution is -2.48. The van der Waals surface area contributed by atoms with Crippen molar-refractivity contribution in [2.24, 2.45) is 0 Å². The lowest BCUT2D eigenvalue weighted by atomic mass is 10.1. The van der Waals surface area contributed by atoms with E-state index >= 15 is 0 Å². The van der Waals surface area contributed by atoms with Gasteiger partial charge in [0, 0.05) is 31.6 Å². The lowest BCUT2D eigenvalue weighted by molar-refractivity contribution is -0.146. The van der Waals surface area contributed by atoms with Crippen molar-refractivity contribution in [2.75, 3.05) is 19.6 Å². The van der Waals surface area contributed by atoms with Gasteiger partial charge in [0.15, 0.2) is 0 Å². The summed E-state index contributed by atoms with van der Waals surface area (Å²) in [6.07, 6.45) is 3.43. The van der Waals surface area contributed by atoms with Crippen LogP contribution in [0.2, 0.25) is 0 Å². The predicted octanol–water partition coefficient (Wildman–Crippen LogP) is -0.00460. The van der Waals surface area contributed by atoms with E-state index in [1.54, 1.807) is 23.2 Å². The van der Waals surface area contributed by atoms with Crippen LogP contribution in [0.3, 0.4) is 0 Å². The van der Waals surface area contributed by atoms with E-state index in [-0.39, 0.29) is 43.2 Å². The highest BCUT2D eigenvalue weighted by Gasteiger charge is 2.33. The number of carbonyl (C=O) groups excluding carboxylic acids is 3. The molecule has 0 bridgehead atoms. The number of likely N-dealkylation sites (tertiary alicyclic amines) is 2. The van der Waals surface area contributed by atoms with Crippen LogP contribution in [0, 0.1) is 0 Å². The van der Waals surface area contributed by atoms with Gasteiger partial charge in [0.25, 0.3) is 0 Å². The molecule has 2 fully saturated rings. The van der Waals surface area contributed by atoms with Crippen LogP contribution in [0.15, 0.2) is 18.3 Å². The van der Waals surface area contributed by atoms with Crippen LogP contribution in [-0.2, 0) is 14.4 Å². The molecule has 3 amide bonds. The van der Waals surface area contributed by atoms with Crippen molar-refractivity contribution in [1.82, 2.24) is 20.0 Å². The molecule has 0 saturated carbocycles. The number of hydrogen-bond donors (Lipinski definition) is 0. The zero-order valence-corrected chi connectivity index (χ0v) is 12.7. The number of amides is 3. The summed E-state index contributed by atoms with van der Waals surface area (Å²) in [6, 6.07) is 3.45. The van der Waals surface area contributed by atoms with Crippen LogP contribution in [-0.4, -0.2) is 63.5 Å². The van der Waals surface area contributed by atoms with Gasteiger partial charge in [-0.05, 0) is 18.9 Å². The molecule has 3 heterocycles. The van der Waals surface area contributed by atoms with E-state index in [9.17, 15) is 14.4 Å². The highest BCUT2D eigenvalue weighted by molar-refractivity contribution is 6.04. The van der Waals surface area contributed by atoms with Crippen LogP contribution in [0.5, 0.6) is 5.88 Å². The summed E-state index contributed by atoms with van der Waals surface area (Å²) in [5.41, 5.74) is 0. The molecule has 1 aromatic rings. The van der Waals surface area contributed by atoms with Gasteiger partial charge in [-0.25, -0.2) is 0 Å². The molecule has 0 aliphatic carbocycles. The van der Waals surface area contributed by atoms with Crippen molar-refractivity contribution in [3.63, 3.8) is 0 Å². The summed E-state index contributed by atoms with van der Waals surface area (Å²) < 4.78 is 5.73. The van der Waals surface area contributed by atoms with Gasteiger partial charge in [0.1, 0.15) is 12.6 Å². The Bertz CT molecular complexity index is 591. The Balaban J connectivity index is 1.56. The quantitative estimate of drug-likeness (QED) is 0.725. The van der Waals surface area contributed by atoms with Crippen molar-refractivity contribution in [3.05, 3.63) is 18.3 Å². The molecule has 1 unspecified atom stereocenters. The number of hydrogen-bond acceptors (Lipinski definition) is 6. The van der Waals surface area contributed by atoms with E-state index in [0.29, 0.717) is 19.0 Å². The van der Waals surface area contributed by atoms with Gasteiger partial charge in [-0.15, -0.1) is 5.10 Å². The van der Waals surface area contributed by atoms with Crippen LogP contribution in [0.25, 0.3) is 0 Å². The van der Waals surface area contributed by atoms with Crippen molar-refractivity contribution in [1.29, 1.82) is 0 Å². The van der Waals surface area contributed by atoms with Crippen molar-refractivity contribution in [3.8, 4) is 5.88 Å². The average Bonchev–Trinajstić information content (AvgIpc) is 2.88. The molecule has 2 saturated heterocycles. The largest absolute Gasteiger partial charge is 0.471 e. The second kappa shape index (κ2) is 6.72. The molecule has 1 aromatic heterocycles. The number of aromatic nitrogens is 2. The minimum atomic E-state index is -0.271. The molecule has 122 valence electrons. The zero-order chi connectivity index (χ0) is 16.2. The third-order valence-corrected chi connectivity index (χ3v) is 4.01. The van der Waals surface area contributed by atoms with Crippen molar-refractivity contribution in [2.45, 2.75) is 31.8 Å². The Hall–Kier alpha value is -2.51. The van der Waals surface area contributed by atoms with Gasteiger partial charge in [-0.1, -0.05) is 0 Å². The van der Waals surface area contributed by atoms with Gasteiger partial charge in [-0.2, -0.15) is 5.10 Å². The number of imide groups is 1. The molecule has 2 aliphatic rings. The van der Waals surface area contributed by atoms with E-state index in [1.807, 2.05) is 0 Å². The third kappa shape index (κ3) is 3.64. The second-order valence-electron chi connectivity index (χ2n) is 5.66. The predicted molar refractivity (Wildman–Crippen MR) is 78.2 cm³/mol. The fourth-order valence-electron chi connectivity index (χ4n) is 2.82. The summed E-state index contributed by atoms with van der Waals surface area (Å²) in [5, 5.41) is 7.62. The Morgan fingerprint density at radius 2 is 2.09 bits per heavy atom. The SMILES string of the molecule is O=C(CN1C(=O)CCC1=O)N1CCCC(Oc2cccnn2)C1. The molecule has 3 rings (SSSR count). The number of carbonyl (C=O) groups is 3. The molecule has 8 nitrogen and oxygen atoms in total. The third-order valence-electron chi connectivity index (χ3n) is 4.01. The lowest BCUT2D eigenvalue weighted by Gasteiger charge is -2.33. The van der Waals surface area contributed by atoms with E-state index in [0.717, 1.165) is 17.7 Å². The van der Waals surface area contributed by atoms with E-state index < -0.39 is 0 Å². The van der Waals surface area contributed by atoms with Gasteiger partial charge < -0.3 is 9.64 Å². The van der Waals surface area contributed by atoms with Crippen LogP contribution >= 0.6 is 0 Å². The van der Waals surface area contributed by atoms with Crippen molar-refractivity contribution < 1.29 is 19.1 Å². The first-order valence-electron chi connectivity index (χ1n) is 7.69. The van der Waals surface area contributed by atoms with Gasteiger partial charge in [0.2, 0.25) is 23.6 Å². The summed E-state index contributed by atoms with van der Waals surface area (Å²) >= 11 is 0. The summed E-state index contributed by atoms with van der Waals surface area (Å²) in [5.74, 6) is -0.335. The van der Waals surface area contributed by atoms with E-state index in [1.165, 1.54) is 0 Å². The summed E-state index contributed by atoms with van der Waals surface area (Å²) in [7, 11) is 0. The molecular formula is C15H18N4O4. The highest BCUT2D eigenvalue weighted by atomic mass is 16.5. The molecule has 23 heavy (non-hydrogen) atoms. The van der Waals surface area contributed by atoms with Crippen molar-refractivity contribution >= 4 is 17.7 Å². The fourth-order valence-corrected chi connectivity index (χ4v) is 2.82. The Kier molecular flexibility index (Phi) is 4.50. The van der Waals surface area contributed by atoms with Gasteiger partial charge in [-0.3, -0.25) is 19.3 Å². The standard InChI is InChI=1S/C15H18N4O4/c20-13-5-6-14(21)19(13)10-15(22)18-8-2-3-11(9-18)23-12-4-1-7-16-17-12/h1,4,7,11H,2-3,5-6,8-10H2. The van der Waals surface area contributed by atoms with E-state index in [2.05, 4.69) is 10.2 Å². The molecule has 0 aromatic carbocycles. The first-order valence-corrected chi connectivity index (χ1v) is 7.69. The summed E-state index contributed by atoms with van der Waals surface area (Å²) in [4.78, 5) is 38.2. The molecule has 0 N–H and O–H groups in total. The maximum Gasteiger partial charge on any atom is 0.242 e. The minimum absolute atomic E-state index is 0.158. The Morgan fingerprint density at radius 1 is 1.30 bits per heavy atom. The number of ether oxygens (including phenoxy) is 1. The van der Waals surface area contributed by atoms with Gasteiger partial charge >= 0.3 is 0 Å². The number of piperidine rings is 1. The highest BCUT2D eigenvalue weighted by Crippen LogP contribution is 2.17. The first-order chi connectivity index (χ1) is 11.1. The fraction of sp³-hybridized carbons (Fsp3) is 0.533. The number of rotatable bonds is 4. The molecule has 2 aliphatic heterocycles. The first kappa shape index (κ1) is 15.4. The molecule has 0 spiro atoms. The smallest absolute Gasteiger partial charge is 0.242 e. The normalized spacial score (nSPS) is 21.7. The topological polar surface area (TPSA) is 92.7 Å². The molecule has 0 radical (unpaired) electrons. The van der Waals surface area contributed by atoms with Crippen LogP contribution in [0.4, 0.5) is 0 Å². The molecular weight excluding hydrogens is 300 g/mol.